The molecular weight excluding hydrogens is 322 g/mol. The van der Waals surface area contributed by atoms with Crippen LogP contribution in [-0.2, 0) is 0 Å². The maximum absolute atomic E-state index is 5.85. The van der Waals surface area contributed by atoms with Gasteiger partial charge in [-0.25, -0.2) is 0 Å². The van der Waals surface area contributed by atoms with Crippen molar-refractivity contribution < 1.29 is 9.47 Å². The molecule has 1 N–H and O–H groups in total. The van der Waals surface area contributed by atoms with E-state index in [-0.39, 0.29) is 0 Å². The van der Waals surface area contributed by atoms with Gasteiger partial charge in [0.05, 0.1) is 6.61 Å². The monoisotopic (exact) mass is 347 g/mol. The Morgan fingerprint density at radius 2 is 1.23 bits per heavy atom. The van der Waals surface area contributed by atoms with E-state index in [9.17, 15) is 0 Å². The summed E-state index contributed by atoms with van der Waals surface area (Å²) in [5.74, 6) is 1.83. The number of para-hydroxylation sites is 1. The van der Waals surface area contributed by atoms with Crippen molar-refractivity contribution in [2.24, 2.45) is 0 Å². The van der Waals surface area contributed by atoms with Crippen LogP contribution in [0.15, 0.2) is 84.9 Å². The molecule has 0 unspecified atom stereocenters. The van der Waals surface area contributed by atoms with E-state index in [1.165, 1.54) is 11.1 Å². The lowest BCUT2D eigenvalue weighted by Crippen LogP contribution is -2.23. The zero-order valence-electron chi connectivity index (χ0n) is 14.9. The highest BCUT2D eigenvalue weighted by Crippen LogP contribution is 2.23. The third-order valence-corrected chi connectivity index (χ3v) is 4.00. The summed E-state index contributed by atoms with van der Waals surface area (Å²) in [5.41, 5.74) is 2.38. The van der Waals surface area contributed by atoms with E-state index in [0.29, 0.717) is 6.61 Å². The second-order valence-corrected chi connectivity index (χ2v) is 6.01. The summed E-state index contributed by atoms with van der Waals surface area (Å²) >= 11 is 0. The molecule has 134 valence electrons. The second-order valence-electron chi connectivity index (χ2n) is 6.01. The number of ether oxygens (including phenoxy) is 2. The number of hydrogen-bond donors (Lipinski definition) is 1. The van der Waals surface area contributed by atoms with Crippen molar-refractivity contribution in [2.45, 2.75) is 6.42 Å². The predicted octanol–water partition coefficient (Wildman–Crippen LogP) is 4.79. The molecule has 0 saturated heterocycles. The van der Waals surface area contributed by atoms with Crippen molar-refractivity contribution in [3.05, 3.63) is 84.9 Å². The Morgan fingerprint density at radius 3 is 2.04 bits per heavy atom. The lowest BCUT2D eigenvalue weighted by Gasteiger charge is -2.10. The first kappa shape index (κ1) is 18.0. The van der Waals surface area contributed by atoms with Crippen LogP contribution in [0.25, 0.3) is 11.1 Å². The van der Waals surface area contributed by atoms with Gasteiger partial charge in [-0.3, -0.25) is 0 Å². The third-order valence-electron chi connectivity index (χ3n) is 4.00. The van der Waals surface area contributed by atoms with Crippen LogP contribution in [0.1, 0.15) is 6.42 Å². The molecule has 0 aliphatic heterocycles. The zero-order valence-corrected chi connectivity index (χ0v) is 14.9. The molecule has 3 heteroatoms. The highest BCUT2D eigenvalue weighted by Gasteiger charge is 1.99. The Labute approximate surface area is 155 Å². The van der Waals surface area contributed by atoms with Gasteiger partial charge >= 0.3 is 0 Å². The molecule has 3 aromatic carbocycles. The molecule has 26 heavy (non-hydrogen) atoms. The van der Waals surface area contributed by atoms with E-state index in [1.807, 2.05) is 60.7 Å². The molecule has 3 aromatic rings. The molecule has 0 amide bonds. The fourth-order valence-electron chi connectivity index (χ4n) is 2.67. The standard InChI is InChI=1S/C23H25NO2/c1-3-9-20(10-4-1)21-11-7-14-23(19-21)26-18-16-24-15-8-17-25-22-12-5-2-6-13-22/h1-7,9-14,19,24H,8,15-18H2. The minimum Gasteiger partial charge on any atom is -0.494 e. The molecule has 0 atom stereocenters. The highest BCUT2D eigenvalue weighted by atomic mass is 16.5. The first-order chi connectivity index (χ1) is 12.9. The Morgan fingerprint density at radius 1 is 0.577 bits per heavy atom. The van der Waals surface area contributed by atoms with E-state index < -0.39 is 0 Å². The van der Waals surface area contributed by atoms with E-state index in [1.54, 1.807) is 0 Å². The van der Waals surface area contributed by atoms with Crippen LogP contribution >= 0.6 is 0 Å². The smallest absolute Gasteiger partial charge is 0.119 e. The summed E-state index contributed by atoms with van der Waals surface area (Å²) in [5, 5.41) is 3.38. The SMILES string of the molecule is c1ccc(OCCCNCCOc2cccc(-c3ccccc3)c2)cc1. The van der Waals surface area contributed by atoms with Crippen molar-refractivity contribution in [1.29, 1.82) is 0 Å². The van der Waals surface area contributed by atoms with Gasteiger partial charge in [-0.1, -0.05) is 60.7 Å². The summed E-state index contributed by atoms with van der Waals surface area (Å²) in [6.45, 7) is 3.11. The summed E-state index contributed by atoms with van der Waals surface area (Å²) < 4.78 is 11.5. The quantitative estimate of drug-likeness (QED) is 0.535. The lowest BCUT2D eigenvalue weighted by atomic mass is 10.1. The summed E-state index contributed by atoms with van der Waals surface area (Å²) in [7, 11) is 0. The molecule has 3 rings (SSSR count). The maximum Gasteiger partial charge on any atom is 0.119 e. The first-order valence-electron chi connectivity index (χ1n) is 9.09. The first-order valence-corrected chi connectivity index (χ1v) is 9.09. The minimum atomic E-state index is 0.651. The average Bonchev–Trinajstić information content (AvgIpc) is 2.72. The van der Waals surface area contributed by atoms with Gasteiger partial charge in [0.15, 0.2) is 0 Å². The van der Waals surface area contributed by atoms with Gasteiger partial charge in [-0.2, -0.15) is 0 Å². The number of nitrogens with one attached hydrogen (secondary N) is 1. The Hall–Kier alpha value is -2.78. The Bertz CT molecular complexity index is 759. The van der Waals surface area contributed by atoms with Crippen molar-refractivity contribution in [1.82, 2.24) is 5.32 Å². The largest absolute Gasteiger partial charge is 0.494 e. The van der Waals surface area contributed by atoms with Gasteiger partial charge < -0.3 is 14.8 Å². The Kier molecular flexibility index (Phi) is 7.12. The third kappa shape index (κ3) is 5.94. The van der Waals surface area contributed by atoms with Crippen LogP contribution in [0.2, 0.25) is 0 Å². The fraction of sp³-hybridized carbons (Fsp3) is 0.217. The van der Waals surface area contributed by atoms with Gasteiger partial charge in [0.25, 0.3) is 0 Å². The predicted molar refractivity (Wildman–Crippen MR) is 107 cm³/mol. The van der Waals surface area contributed by atoms with Gasteiger partial charge in [0, 0.05) is 6.54 Å². The van der Waals surface area contributed by atoms with Crippen LogP contribution in [0.5, 0.6) is 11.5 Å². The second kappa shape index (κ2) is 10.3. The number of rotatable bonds is 10. The molecule has 0 fully saturated rings. The normalized spacial score (nSPS) is 10.5. The number of hydrogen-bond acceptors (Lipinski definition) is 3. The zero-order chi connectivity index (χ0) is 17.9. The molecule has 0 heterocycles. The molecular formula is C23H25NO2. The fourth-order valence-corrected chi connectivity index (χ4v) is 2.67. The topological polar surface area (TPSA) is 30.5 Å². The average molecular weight is 347 g/mol. The van der Waals surface area contributed by atoms with Gasteiger partial charge in [0.2, 0.25) is 0 Å². The molecule has 0 aliphatic carbocycles. The highest BCUT2D eigenvalue weighted by molar-refractivity contribution is 5.64. The van der Waals surface area contributed by atoms with Gasteiger partial charge in [0.1, 0.15) is 18.1 Å². The molecule has 0 aromatic heterocycles. The van der Waals surface area contributed by atoms with Crippen LogP contribution in [0.3, 0.4) is 0 Å². The molecule has 0 spiro atoms. The van der Waals surface area contributed by atoms with Crippen molar-refractivity contribution in [3.8, 4) is 22.6 Å². The van der Waals surface area contributed by atoms with E-state index in [4.69, 9.17) is 9.47 Å². The molecule has 0 aliphatic rings. The van der Waals surface area contributed by atoms with E-state index in [2.05, 4.69) is 29.6 Å². The lowest BCUT2D eigenvalue weighted by molar-refractivity contribution is 0.294. The molecule has 0 saturated carbocycles. The van der Waals surface area contributed by atoms with Crippen LogP contribution in [0, 0.1) is 0 Å². The van der Waals surface area contributed by atoms with Crippen LogP contribution in [0.4, 0.5) is 0 Å². The maximum atomic E-state index is 5.85. The summed E-state index contributed by atoms with van der Waals surface area (Å²) in [6, 6.07) is 28.5. The van der Waals surface area contributed by atoms with E-state index >= 15 is 0 Å². The number of benzene rings is 3. The van der Waals surface area contributed by atoms with E-state index in [0.717, 1.165) is 37.6 Å². The molecule has 0 bridgehead atoms. The van der Waals surface area contributed by atoms with Gasteiger partial charge in [-0.05, 0) is 48.4 Å². The van der Waals surface area contributed by atoms with Crippen LogP contribution in [-0.4, -0.2) is 26.3 Å². The van der Waals surface area contributed by atoms with Gasteiger partial charge in [-0.15, -0.1) is 0 Å². The Balaban J connectivity index is 1.30. The minimum absolute atomic E-state index is 0.651. The van der Waals surface area contributed by atoms with Crippen LogP contribution < -0.4 is 14.8 Å². The summed E-state index contributed by atoms with van der Waals surface area (Å²) in [6.07, 6.45) is 0.971. The van der Waals surface area contributed by atoms with Crippen molar-refractivity contribution >= 4 is 0 Å². The molecule has 0 radical (unpaired) electrons. The van der Waals surface area contributed by atoms with Crippen molar-refractivity contribution in [2.75, 3.05) is 26.3 Å². The molecule has 3 nitrogen and oxygen atoms in total. The summed E-state index contributed by atoms with van der Waals surface area (Å²) in [4.78, 5) is 0. The van der Waals surface area contributed by atoms with Crippen molar-refractivity contribution in [3.63, 3.8) is 0 Å².